The molecular formula is C21H32N4O2. The number of aryl methyl sites for hydroxylation is 1. The highest BCUT2D eigenvalue weighted by molar-refractivity contribution is 5.94. The lowest BCUT2D eigenvalue weighted by Crippen LogP contribution is -2.53. The molecular weight excluding hydrogens is 340 g/mol. The average Bonchev–Trinajstić information content (AvgIpc) is 2.72. The van der Waals surface area contributed by atoms with E-state index in [0.717, 1.165) is 43.1 Å². The minimum absolute atomic E-state index is 0.00254. The first-order valence-electron chi connectivity index (χ1n) is 10.2. The molecule has 0 aromatic heterocycles. The Morgan fingerprint density at radius 2 is 1.67 bits per heavy atom. The normalized spacial score (nSPS) is 18.4. The number of carbonyl (C=O) groups is 2. The molecule has 2 aliphatic rings. The van der Waals surface area contributed by atoms with Crippen LogP contribution in [0.1, 0.15) is 41.6 Å². The van der Waals surface area contributed by atoms with Crippen molar-refractivity contribution in [2.24, 2.45) is 5.92 Å². The maximum atomic E-state index is 12.6. The predicted molar refractivity (Wildman–Crippen MR) is 107 cm³/mol. The third-order valence-corrected chi connectivity index (χ3v) is 5.68. The quantitative estimate of drug-likeness (QED) is 0.779. The van der Waals surface area contributed by atoms with E-state index >= 15 is 0 Å². The molecule has 2 N–H and O–H groups in total. The zero-order valence-corrected chi connectivity index (χ0v) is 16.4. The van der Waals surface area contributed by atoms with E-state index in [1.807, 2.05) is 41.0 Å². The van der Waals surface area contributed by atoms with Crippen LogP contribution in [-0.4, -0.2) is 67.6 Å². The number of hydrogen-bond acceptors (Lipinski definition) is 3. The van der Waals surface area contributed by atoms with Gasteiger partial charge in [0.05, 0.1) is 0 Å². The molecule has 1 aromatic carbocycles. The molecule has 6 nitrogen and oxygen atoms in total. The van der Waals surface area contributed by atoms with Crippen LogP contribution in [0.3, 0.4) is 0 Å². The van der Waals surface area contributed by atoms with Crippen molar-refractivity contribution in [3.05, 3.63) is 35.4 Å². The Bertz CT molecular complexity index is 618. The summed E-state index contributed by atoms with van der Waals surface area (Å²) >= 11 is 0. The molecule has 148 valence electrons. The van der Waals surface area contributed by atoms with Gasteiger partial charge in [0.25, 0.3) is 5.91 Å². The van der Waals surface area contributed by atoms with Gasteiger partial charge in [0.15, 0.2) is 0 Å². The van der Waals surface area contributed by atoms with Gasteiger partial charge in [-0.25, -0.2) is 4.79 Å². The van der Waals surface area contributed by atoms with Gasteiger partial charge >= 0.3 is 6.03 Å². The van der Waals surface area contributed by atoms with Gasteiger partial charge in [-0.05, 0) is 63.7 Å². The fourth-order valence-corrected chi connectivity index (χ4v) is 3.86. The van der Waals surface area contributed by atoms with Crippen molar-refractivity contribution in [1.82, 2.24) is 20.4 Å². The summed E-state index contributed by atoms with van der Waals surface area (Å²) in [5.74, 6) is 0.858. The Hall–Kier alpha value is -2.08. The first kappa shape index (κ1) is 19.7. The average molecular weight is 373 g/mol. The first-order valence-corrected chi connectivity index (χ1v) is 10.2. The van der Waals surface area contributed by atoms with Crippen LogP contribution in [0.25, 0.3) is 0 Å². The van der Waals surface area contributed by atoms with Crippen LogP contribution >= 0.6 is 0 Å². The zero-order valence-electron chi connectivity index (χ0n) is 16.4. The summed E-state index contributed by atoms with van der Waals surface area (Å²) in [6.45, 7) is 7.38. The second kappa shape index (κ2) is 9.74. The van der Waals surface area contributed by atoms with Gasteiger partial charge in [-0.1, -0.05) is 17.7 Å². The molecule has 0 saturated carbocycles. The second-order valence-corrected chi connectivity index (χ2v) is 7.71. The number of nitrogens with one attached hydrogen (secondary N) is 2. The summed E-state index contributed by atoms with van der Waals surface area (Å²) in [7, 11) is 0. The van der Waals surface area contributed by atoms with Gasteiger partial charge in [-0.3, -0.25) is 4.79 Å². The maximum absolute atomic E-state index is 12.6. The van der Waals surface area contributed by atoms with Gasteiger partial charge < -0.3 is 20.4 Å². The Morgan fingerprint density at radius 3 is 2.33 bits per heavy atom. The summed E-state index contributed by atoms with van der Waals surface area (Å²) in [5.41, 5.74) is 1.87. The van der Waals surface area contributed by atoms with E-state index in [4.69, 9.17) is 0 Å². The van der Waals surface area contributed by atoms with Crippen molar-refractivity contribution in [3.8, 4) is 0 Å². The molecule has 27 heavy (non-hydrogen) atoms. The number of nitrogens with zero attached hydrogens (tertiary/aromatic N) is 2. The zero-order chi connectivity index (χ0) is 19.1. The molecule has 0 unspecified atom stereocenters. The van der Waals surface area contributed by atoms with E-state index in [0.29, 0.717) is 26.2 Å². The van der Waals surface area contributed by atoms with Crippen LogP contribution in [0.4, 0.5) is 4.79 Å². The summed E-state index contributed by atoms with van der Waals surface area (Å²) in [5, 5.41) is 6.43. The van der Waals surface area contributed by atoms with E-state index in [1.165, 1.54) is 19.3 Å². The van der Waals surface area contributed by atoms with Crippen LogP contribution in [-0.2, 0) is 0 Å². The fraction of sp³-hybridized carbons (Fsp3) is 0.619. The van der Waals surface area contributed by atoms with Crippen LogP contribution in [0.15, 0.2) is 24.3 Å². The molecule has 1 aromatic rings. The van der Waals surface area contributed by atoms with Gasteiger partial charge in [0, 0.05) is 38.3 Å². The molecule has 0 bridgehead atoms. The second-order valence-electron chi connectivity index (χ2n) is 7.71. The smallest absolute Gasteiger partial charge is 0.317 e. The number of piperazine rings is 1. The SMILES string of the molecule is Cc1ccc(C(=O)N2CCN(C(=O)NCCCC3CCNCC3)CC2)cc1. The van der Waals surface area contributed by atoms with Gasteiger partial charge in [-0.15, -0.1) is 0 Å². The lowest BCUT2D eigenvalue weighted by molar-refractivity contribution is 0.0665. The highest BCUT2D eigenvalue weighted by Crippen LogP contribution is 2.17. The summed E-state index contributed by atoms with van der Waals surface area (Å²) in [6.07, 6.45) is 4.75. The van der Waals surface area contributed by atoms with Crippen LogP contribution in [0, 0.1) is 12.8 Å². The molecule has 2 heterocycles. The first-order chi connectivity index (χ1) is 13.1. The molecule has 2 saturated heterocycles. The monoisotopic (exact) mass is 372 g/mol. The van der Waals surface area contributed by atoms with Crippen molar-refractivity contribution in [2.45, 2.75) is 32.6 Å². The maximum Gasteiger partial charge on any atom is 0.317 e. The number of urea groups is 1. The molecule has 2 fully saturated rings. The number of hydrogen-bond donors (Lipinski definition) is 2. The summed E-state index contributed by atoms with van der Waals surface area (Å²) < 4.78 is 0. The van der Waals surface area contributed by atoms with Crippen LogP contribution in [0.2, 0.25) is 0 Å². The molecule has 0 aliphatic carbocycles. The van der Waals surface area contributed by atoms with E-state index < -0.39 is 0 Å². The van der Waals surface area contributed by atoms with E-state index in [-0.39, 0.29) is 11.9 Å². The number of piperidine rings is 1. The molecule has 0 atom stereocenters. The number of carbonyl (C=O) groups excluding carboxylic acids is 2. The molecule has 3 rings (SSSR count). The summed E-state index contributed by atoms with van der Waals surface area (Å²) in [4.78, 5) is 28.5. The van der Waals surface area contributed by atoms with Crippen molar-refractivity contribution < 1.29 is 9.59 Å². The Balaban J connectivity index is 1.35. The predicted octanol–water partition coefficient (Wildman–Crippen LogP) is 2.24. The van der Waals surface area contributed by atoms with E-state index in [9.17, 15) is 9.59 Å². The Morgan fingerprint density at radius 1 is 1.04 bits per heavy atom. The Labute approximate surface area is 162 Å². The molecule has 2 aliphatic heterocycles. The third-order valence-electron chi connectivity index (χ3n) is 5.68. The van der Waals surface area contributed by atoms with E-state index in [1.54, 1.807) is 0 Å². The van der Waals surface area contributed by atoms with Crippen molar-refractivity contribution in [2.75, 3.05) is 45.8 Å². The molecule has 3 amide bonds. The number of rotatable bonds is 5. The standard InChI is InChI=1S/C21H32N4O2/c1-17-4-6-19(7-5-17)20(26)24-13-15-25(16-14-24)21(27)23-10-2-3-18-8-11-22-12-9-18/h4-7,18,22H,2-3,8-16H2,1H3,(H,23,27). The minimum Gasteiger partial charge on any atom is -0.338 e. The van der Waals surface area contributed by atoms with Gasteiger partial charge in [0.2, 0.25) is 0 Å². The molecule has 0 radical (unpaired) electrons. The number of benzene rings is 1. The molecule has 0 spiro atoms. The van der Waals surface area contributed by atoms with E-state index in [2.05, 4.69) is 10.6 Å². The number of amides is 3. The lowest BCUT2D eigenvalue weighted by atomic mass is 9.93. The third kappa shape index (κ3) is 5.70. The van der Waals surface area contributed by atoms with Crippen LogP contribution in [0.5, 0.6) is 0 Å². The summed E-state index contributed by atoms with van der Waals surface area (Å²) in [6, 6.07) is 7.67. The highest BCUT2D eigenvalue weighted by Gasteiger charge is 2.24. The van der Waals surface area contributed by atoms with Crippen molar-refractivity contribution >= 4 is 11.9 Å². The topological polar surface area (TPSA) is 64.7 Å². The Kier molecular flexibility index (Phi) is 7.10. The minimum atomic E-state index is 0.00254. The fourth-order valence-electron chi connectivity index (χ4n) is 3.86. The van der Waals surface area contributed by atoms with Crippen molar-refractivity contribution in [1.29, 1.82) is 0 Å². The lowest BCUT2D eigenvalue weighted by Gasteiger charge is -2.34. The molecule has 6 heteroatoms. The van der Waals surface area contributed by atoms with Crippen molar-refractivity contribution in [3.63, 3.8) is 0 Å². The van der Waals surface area contributed by atoms with Gasteiger partial charge in [-0.2, -0.15) is 0 Å². The van der Waals surface area contributed by atoms with Gasteiger partial charge in [0.1, 0.15) is 0 Å². The highest BCUT2D eigenvalue weighted by atomic mass is 16.2. The largest absolute Gasteiger partial charge is 0.338 e. The van der Waals surface area contributed by atoms with Crippen LogP contribution < -0.4 is 10.6 Å².